The Morgan fingerprint density at radius 3 is 2.69 bits per heavy atom. The van der Waals surface area contributed by atoms with Gasteiger partial charge >= 0.3 is 0 Å². The maximum atomic E-state index is 11.3. The summed E-state index contributed by atoms with van der Waals surface area (Å²) in [6.07, 6.45) is 0. The van der Waals surface area contributed by atoms with Gasteiger partial charge in [-0.25, -0.2) is 0 Å². The molecule has 16 heavy (non-hydrogen) atoms. The van der Waals surface area contributed by atoms with Crippen LogP contribution in [0.15, 0.2) is 0 Å². The highest BCUT2D eigenvalue weighted by molar-refractivity contribution is 5.77. The fraction of sp³-hybridized carbons (Fsp3) is 0.900. The lowest BCUT2D eigenvalue weighted by Gasteiger charge is -2.38. The molecule has 4 N–H and O–H groups in total. The third-order valence-electron chi connectivity index (χ3n) is 2.56. The molecule has 6 nitrogen and oxygen atoms in total. The molecule has 1 fully saturated rings. The molecule has 0 bridgehead atoms. The quantitative estimate of drug-likeness (QED) is 0.435. The van der Waals surface area contributed by atoms with E-state index in [2.05, 4.69) is 10.6 Å². The van der Waals surface area contributed by atoms with E-state index in [1.807, 2.05) is 6.92 Å². The van der Waals surface area contributed by atoms with Crippen LogP contribution in [0.25, 0.3) is 0 Å². The summed E-state index contributed by atoms with van der Waals surface area (Å²) >= 11 is 0. The van der Waals surface area contributed by atoms with E-state index in [1.54, 1.807) is 0 Å². The average Bonchev–Trinajstić information content (AvgIpc) is 2.21. The number of aliphatic hydroxyl groups excluding tert-OH is 1. The van der Waals surface area contributed by atoms with Gasteiger partial charge in [-0.1, -0.05) is 0 Å². The van der Waals surface area contributed by atoms with E-state index >= 15 is 0 Å². The first-order valence-corrected chi connectivity index (χ1v) is 5.32. The Hall–Kier alpha value is -0.690. The number of aliphatic hydroxyl groups is 2. The summed E-state index contributed by atoms with van der Waals surface area (Å²) in [4.78, 5) is 11.3. The molecule has 1 amide bonds. The lowest BCUT2D eigenvalue weighted by Crippen LogP contribution is -2.59. The van der Waals surface area contributed by atoms with Crippen LogP contribution in [-0.2, 0) is 9.53 Å². The minimum Gasteiger partial charge on any atom is -0.393 e. The summed E-state index contributed by atoms with van der Waals surface area (Å²) in [5.41, 5.74) is -1.53. The number of ether oxygens (including phenoxy) is 1. The molecule has 1 saturated heterocycles. The third kappa shape index (κ3) is 4.05. The van der Waals surface area contributed by atoms with E-state index in [0.717, 1.165) is 13.1 Å². The van der Waals surface area contributed by atoms with Crippen molar-refractivity contribution in [2.45, 2.75) is 25.0 Å². The van der Waals surface area contributed by atoms with Crippen molar-refractivity contribution >= 4 is 5.91 Å². The monoisotopic (exact) mass is 232 g/mol. The molecule has 1 rings (SSSR count). The van der Waals surface area contributed by atoms with Crippen LogP contribution in [0.5, 0.6) is 0 Å². The van der Waals surface area contributed by atoms with Gasteiger partial charge in [-0.3, -0.25) is 4.79 Å². The Bertz CT molecular complexity index is 234. The first kappa shape index (κ1) is 13.4. The van der Waals surface area contributed by atoms with E-state index in [4.69, 9.17) is 9.84 Å². The topological polar surface area (TPSA) is 90.8 Å². The molecule has 0 aromatic rings. The second kappa shape index (κ2) is 5.09. The molecule has 0 aliphatic carbocycles. The molecule has 1 unspecified atom stereocenters. The normalized spacial score (nSPS) is 22.0. The average molecular weight is 232 g/mol. The maximum Gasteiger partial charge on any atom is 0.246 e. The molecule has 6 heteroatoms. The number of nitrogens with one attached hydrogen (secondary N) is 2. The summed E-state index contributed by atoms with van der Waals surface area (Å²) in [6.45, 7) is 4.46. The summed E-state index contributed by atoms with van der Waals surface area (Å²) in [5, 5.41) is 23.8. The molecule has 94 valence electrons. The molecule has 0 aromatic carbocycles. The van der Waals surface area contributed by atoms with Crippen molar-refractivity contribution in [3.05, 3.63) is 0 Å². The van der Waals surface area contributed by atoms with Crippen LogP contribution in [0, 0.1) is 0 Å². The van der Waals surface area contributed by atoms with E-state index in [-0.39, 0.29) is 24.7 Å². The van der Waals surface area contributed by atoms with Gasteiger partial charge in [-0.15, -0.1) is 0 Å². The molecular formula is C10H20N2O4. The smallest absolute Gasteiger partial charge is 0.246 e. The van der Waals surface area contributed by atoms with Crippen molar-refractivity contribution in [2.24, 2.45) is 0 Å². The summed E-state index contributed by atoms with van der Waals surface area (Å²) < 4.78 is 5.41. The van der Waals surface area contributed by atoms with Crippen LogP contribution in [0.3, 0.4) is 0 Å². The molecule has 0 spiro atoms. The number of amides is 1. The lowest BCUT2D eigenvalue weighted by molar-refractivity contribution is -0.137. The molecular weight excluding hydrogens is 212 g/mol. The zero-order valence-electron chi connectivity index (χ0n) is 9.75. The van der Waals surface area contributed by atoms with Crippen LogP contribution < -0.4 is 10.6 Å². The largest absolute Gasteiger partial charge is 0.393 e. The lowest BCUT2D eigenvalue weighted by atomic mass is 10.0. The number of carbonyl (C=O) groups is 1. The molecule has 1 aliphatic heterocycles. The minimum atomic E-state index is -1.28. The van der Waals surface area contributed by atoms with Crippen LogP contribution >= 0.6 is 0 Å². The molecule has 1 atom stereocenters. The second-order valence-electron chi connectivity index (χ2n) is 4.77. The van der Waals surface area contributed by atoms with Gasteiger partial charge in [0.1, 0.15) is 12.2 Å². The Kier molecular flexibility index (Phi) is 4.26. The predicted molar refractivity (Wildman–Crippen MR) is 57.9 cm³/mol. The first-order valence-electron chi connectivity index (χ1n) is 5.32. The van der Waals surface area contributed by atoms with Crippen LogP contribution in [0.2, 0.25) is 0 Å². The van der Waals surface area contributed by atoms with Crippen molar-refractivity contribution < 1.29 is 19.7 Å². The summed E-state index contributed by atoms with van der Waals surface area (Å²) in [6, 6.07) is 0. The van der Waals surface area contributed by atoms with E-state index in [1.165, 1.54) is 6.92 Å². The van der Waals surface area contributed by atoms with Gasteiger partial charge in [0, 0.05) is 19.6 Å². The highest BCUT2D eigenvalue weighted by Crippen LogP contribution is 2.14. The van der Waals surface area contributed by atoms with Crippen molar-refractivity contribution in [1.29, 1.82) is 0 Å². The highest BCUT2D eigenvalue weighted by atomic mass is 16.5. The Morgan fingerprint density at radius 1 is 1.62 bits per heavy atom. The summed E-state index contributed by atoms with van der Waals surface area (Å²) in [7, 11) is 0. The summed E-state index contributed by atoms with van der Waals surface area (Å²) in [5.74, 6) is -0.290. The highest BCUT2D eigenvalue weighted by Gasteiger charge is 2.33. The van der Waals surface area contributed by atoms with Gasteiger partial charge in [-0.2, -0.15) is 0 Å². The Balaban J connectivity index is 2.16. The van der Waals surface area contributed by atoms with Crippen molar-refractivity contribution in [1.82, 2.24) is 10.6 Å². The minimum absolute atomic E-state index is 0.0145. The maximum absolute atomic E-state index is 11.3. The molecule has 0 radical (unpaired) electrons. The van der Waals surface area contributed by atoms with Gasteiger partial charge in [0.2, 0.25) is 5.91 Å². The van der Waals surface area contributed by atoms with Gasteiger partial charge in [0.25, 0.3) is 0 Å². The van der Waals surface area contributed by atoms with Crippen molar-refractivity contribution in [3.63, 3.8) is 0 Å². The standard InChI is InChI=1S/C10H20N2O4/c1-9(15,7-13)4-12-8(14)3-16-10(2)5-11-6-10/h11,13,15H,3-7H2,1-2H3,(H,12,14). The fourth-order valence-corrected chi connectivity index (χ4v) is 1.21. The van der Waals surface area contributed by atoms with Crippen LogP contribution in [-0.4, -0.2) is 60.2 Å². The number of hydrogen-bond acceptors (Lipinski definition) is 5. The van der Waals surface area contributed by atoms with E-state index < -0.39 is 12.2 Å². The molecule has 0 saturated carbocycles. The first-order chi connectivity index (χ1) is 7.37. The predicted octanol–water partition coefficient (Wildman–Crippen LogP) is -1.78. The Morgan fingerprint density at radius 2 is 2.25 bits per heavy atom. The van der Waals surface area contributed by atoms with Gasteiger partial charge < -0.3 is 25.6 Å². The third-order valence-corrected chi connectivity index (χ3v) is 2.56. The van der Waals surface area contributed by atoms with Crippen LogP contribution in [0.4, 0.5) is 0 Å². The van der Waals surface area contributed by atoms with Crippen LogP contribution in [0.1, 0.15) is 13.8 Å². The van der Waals surface area contributed by atoms with Crippen molar-refractivity contribution in [2.75, 3.05) is 32.8 Å². The van der Waals surface area contributed by atoms with E-state index in [9.17, 15) is 9.90 Å². The van der Waals surface area contributed by atoms with Crippen molar-refractivity contribution in [3.8, 4) is 0 Å². The number of carbonyl (C=O) groups excluding carboxylic acids is 1. The molecule has 0 aromatic heterocycles. The number of hydrogen-bond donors (Lipinski definition) is 4. The Labute approximate surface area is 95.0 Å². The van der Waals surface area contributed by atoms with Gasteiger partial charge in [0.15, 0.2) is 0 Å². The fourth-order valence-electron chi connectivity index (χ4n) is 1.21. The van der Waals surface area contributed by atoms with E-state index in [0.29, 0.717) is 0 Å². The van der Waals surface area contributed by atoms with Gasteiger partial charge in [0.05, 0.1) is 12.2 Å². The molecule has 1 heterocycles. The second-order valence-corrected chi connectivity index (χ2v) is 4.77. The zero-order chi connectivity index (χ0) is 12.2. The van der Waals surface area contributed by atoms with Gasteiger partial charge in [-0.05, 0) is 13.8 Å². The SMILES string of the molecule is CC(O)(CO)CNC(=O)COC1(C)CNC1. The molecule has 1 aliphatic rings. The zero-order valence-corrected chi connectivity index (χ0v) is 9.75. The number of rotatable bonds is 6.